The summed E-state index contributed by atoms with van der Waals surface area (Å²) in [7, 11) is 0. The van der Waals surface area contributed by atoms with Gasteiger partial charge in [0.15, 0.2) is 0 Å². The minimum Gasteiger partial charge on any atom is -0.393 e. The monoisotopic (exact) mass is 258 g/mol. The lowest BCUT2D eigenvalue weighted by atomic mass is 10.1. The Hall–Kier alpha value is -1.56. The fourth-order valence-corrected chi connectivity index (χ4v) is 1.58. The lowest BCUT2D eigenvalue weighted by Crippen LogP contribution is -2.35. The molecule has 1 aromatic carbocycles. The Labute approximate surface area is 103 Å². The normalized spacial score (nSPS) is 11.9. The predicted octanol–water partition coefficient (Wildman–Crippen LogP) is 1.76. The molecule has 1 unspecified atom stereocenters. The second-order valence-corrected chi connectivity index (χ2v) is 4.19. The molecule has 0 spiro atoms. The minimum atomic E-state index is -0.898. The number of rotatable bonds is 4. The maximum absolute atomic E-state index is 13.3. The van der Waals surface area contributed by atoms with Gasteiger partial charge in [-0.2, -0.15) is 0 Å². The van der Waals surface area contributed by atoms with Gasteiger partial charge in [0, 0.05) is 18.5 Å². The quantitative estimate of drug-likeness (QED) is 0.809. The molecule has 0 saturated carbocycles. The molecule has 1 atom stereocenters. The summed E-state index contributed by atoms with van der Waals surface area (Å²) in [5.41, 5.74) is 5.11. The lowest BCUT2D eigenvalue weighted by molar-refractivity contribution is 0.0937. The van der Waals surface area contributed by atoms with Crippen molar-refractivity contribution >= 4 is 23.1 Å². The highest BCUT2D eigenvalue weighted by atomic mass is 32.1. The van der Waals surface area contributed by atoms with Crippen LogP contribution >= 0.6 is 12.2 Å². The summed E-state index contributed by atoms with van der Waals surface area (Å²) in [6, 6.07) is 2.47. The average molecular weight is 258 g/mol. The van der Waals surface area contributed by atoms with Gasteiger partial charge in [-0.3, -0.25) is 4.79 Å². The average Bonchev–Trinajstić information content (AvgIpc) is 2.15. The highest BCUT2D eigenvalue weighted by Gasteiger charge is 2.14. The number of amides is 1. The summed E-state index contributed by atoms with van der Waals surface area (Å²) in [6.45, 7) is 1.69. The molecule has 6 heteroatoms. The molecule has 0 saturated heterocycles. The van der Waals surface area contributed by atoms with Crippen LogP contribution in [0.15, 0.2) is 18.2 Å². The van der Waals surface area contributed by atoms with Crippen molar-refractivity contribution in [2.45, 2.75) is 19.4 Å². The molecule has 92 valence electrons. The molecule has 0 bridgehead atoms. The third kappa shape index (κ3) is 4.07. The van der Waals surface area contributed by atoms with Crippen LogP contribution in [0, 0.1) is 11.6 Å². The van der Waals surface area contributed by atoms with Crippen LogP contribution in [0.4, 0.5) is 8.78 Å². The molecule has 0 fully saturated rings. The fraction of sp³-hybridized carbons (Fsp3) is 0.273. The van der Waals surface area contributed by atoms with E-state index in [1.807, 2.05) is 0 Å². The van der Waals surface area contributed by atoms with Crippen molar-refractivity contribution in [1.82, 2.24) is 5.32 Å². The molecule has 0 aliphatic rings. The van der Waals surface area contributed by atoms with Crippen LogP contribution in [0.2, 0.25) is 0 Å². The third-order valence-corrected chi connectivity index (χ3v) is 2.23. The summed E-state index contributed by atoms with van der Waals surface area (Å²) in [4.78, 5) is 11.9. The maximum Gasteiger partial charge on any atom is 0.254 e. The van der Waals surface area contributed by atoms with Gasteiger partial charge >= 0.3 is 0 Å². The van der Waals surface area contributed by atoms with E-state index >= 15 is 0 Å². The van der Waals surface area contributed by atoms with E-state index < -0.39 is 17.5 Å². The Morgan fingerprint density at radius 2 is 2.18 bits per heavy atom. The number of nitrogens with two attached hydrogens (primary N) is 1. The fourth-order valence-electron chi connectivity index (χ4n) is 1.33. The second-order valence-electron chi connectivity index (χ2n) is 3.67. The molecular weight excluding hydrogens is 246 g/mol. The Balaban J connectivity index is 2.73. The Kier molecular flexibility index (Phi) is 4.51. The summed E-state index contributed by atoms with van der Waals surface area (Å²) in [6.07, 6.45) is 0.323. The van der Waals surface area contributed by atoms with Gasteiger partial charge in [-0.1, -0.05) is 12.2 Å². The van der Waals surface area contributed by atoms with Crippen LogP contribution in [0.1, 0.15) is 23.7 Å². The number of carbonyl (C=O) groups excluding carboxylic acids is 1. The van der Waals surface area contributed by atoms with E-state index in [0.717, 1.165) is 12.1 Å². The van der Waals surface area contributed by atoms with Crippen LogP contribution in [0.25, 0.3) is 0 Å². The molecule has 17 heavy (non-hydrogen) atoms. The summed E-state index contributed by atoms with van der Waals surface area (Å²) < 4.78 is 25.9. The van der Waals surface area contributed by atoms with Crippen LogP contribution in [-0.4, -0.2) is 16.9 Å². The number of hydrogen-bond acceptors (Lipinski definition) is 2. The number of hydrogen-bond donors (Lipinski definition) is 2. The number of thiocarbonyl (C=S) groups is 1. The van der Waals surface area contributed by atoms with Gasteiger partial charge in [0.1, 0.15) is 11.6 Å². The van der Waals surface area contributed by atoms with Gasteiger partial charge in [0.2, 0.25) is 0 Å². The van der Waals surface area contributed by atoms with Crippen LogP contribution in [-0.2, 0) is 0 Å². The molecule has 0 aliphatic carbocycles. The molecule has 0 aliphatic heterocycles. The first-order chi connectivity index (χ1) is 7.90. The zero-order chi connectivity index (χ0) is 13.0. The zero-order valence-electron chi connectivity index (χ0n) is 9.17. The molecule has 0 heterocycles. The molecule has 3 nitrogen and oxygen atoms in total. The summed E-state index contributed by atoms with van der Waals surface area (Å²) in [5.74, 6) is -2.24. The van der Waals surface area contributed by atoms with Crippen molar-refractivity contribution in [2.24, 2.45) is 5.73 Å². The van der Waals surface area contributed by atoms with E-state index in [1.54, 1.807) is 6.92 Å². The molecule has 0 radical (unpaired) electrons. The smallest absolute Gasteiger partial charge is 0.254 e. The first kappa shape index (κ1) is 13.5. The van der Waals surface area contributed by atoms with Crippen molar-refractivity contribution in [3.8, 4) is 0 Å². The SMILES string of the molecule is CC(CC(N)=S)NC(=O)c1ccc(F)cc1F. The van der Waals surface area contributed by atoms with Gasteiger partial charge in [-0.05, 0) is 19.1 Å². The predicted molar refractivity (Wildman–Crippen MR) is 64.7 cm³/mol. The molecular formula is C11H12F2N2OS. The van der Waals surface area contributed by atoms with E-state index in [1.165, 1.54) is 0 Å². The van der Waals surface area contributed by atoms with E-state index in [-0.39, 0.29) is 16.6 Å². The first-order valence-corrected chi connectivity index (χ1v) is 5.35. The summed E-state index contributed by atoms with van der Waals surface area (Å²) >= 11 is 4.69. The van der Waals surface area contributed by atoms with Gasteiger partial charge in [0.25, 0.3) is 5.91 Å². The van der Waals surface area contributed by atoms with E-state index in [4.69, 9.17) is 5.73 Å². The van der Waals surface area contributed by atoms with Crippen molar-refractivity contribution in [3.05, 3.63) is 35.4 Å². The number of carbonyl (C=O) groups is 1. The van der Waals surface area contributed by atoms with E-state index in [0.29, 0.717) is 12.5 Å². The van der Waals surface area contributed by atoms with Crippen LogP contribution in [0.5, 0.6) is 0 Å². The maximum atomic E-state index is 13.3. The molecule has 3 N–H and O–H groups in total. The number of nitrogens with one attached hydrogen (secondary N) is 1. The first-order valence-electron chi connectivity index (χ1n) is 4.94. The van der Waals surface area contributed by atoms with E-state index in [9.17, 15) is 13.6 Å². The van der Waals surface area contributed by atoms with Gasteiger partial charge in [0.05, 0.1) is 10.6 Å². The standard InChI is InChI=1S/C11H12F2N2OS/c1-6(4-10(14)17)15-11(16)8-3-2-7(12)5-9(8)13/h2-3,5-6H,4H2,1H3,(H2,14,17)(H,15,16). The lowest BCUT2D eigenvalue weighted by Gasteiger charge is -2.13. The highest BCUT2D eigenvalue weighted by molar-refractivity contribution is 7.80. The Morgan fingerprint density at radius 1 is 1.53 bits per heavy atom. The Bertz CT molecular complexity index is 451. The van der Waals surface area contributed by atoms with Crippen molar-refractivity contribution < 1.29 is 13.6 Å². The zero-order valence-corrected chi connectivity index (χ0v) is 9.98. The van der Waals surface area contributed by atoms with E-state index in [2.05, 4.69) is 17.5 Å². The molecule has 0 aromatic heterocycles. The molecule has 1 amide bonds. The van der Waals surface area contributed by atoms with Gasteiger partial charge in [-0.25, -0.2) is 8.78 Å². The van der Waals surface area contributed by atoms with Gasteiger partial charge < -0.3 is 11.1 Å². The third-order valence-electron chi connectivity index (χ3n) is 2.06. The molecule has 1 aromatic rings. The Morgan fingerprint density at radius 3 is 2.71 bits per heavy atom. The number of halogens is 2. The van der Waals surface area contributed by atoms with Crippen molar-refractivity contribution in [2.75, 3.05) is 0 Å². The number of benzene rings is 1. The van der Waals surface area contributed by atoms with Crippen LogP contribution in [0.3, 0.4) is 0 Å². The topological polar surface area (TPSA) is 55.1 Å². The van der Waals surface area contributed by atoms with Crippen LogP contribution < -0.4 is 11.1 Å². The van der Waals surface area contributed by atoms with Crippen molar-refractivity contribution in [1.29, 1.82) is 0 Å². The second kappa shape index (κ2) is 5.67. The largest absolute Gasteiger partial charge is 0.393 e. The summed E-state index contributed by atoms with van der Waals surface area (Å²) in [5, 5.41) is 2.52. The highest BCUT2D eigenvalue weighted by Crippen LogP contribution is 2.09. The van der Waals surface area contributed by atoms with Crippen molar-refractivity contribution in [3.63, 3.8) is 0 Å². The minimum absolute atomic E-state index is 0.207. The molecule has 1 rings (SSSR count). The van der Waals surface area contributed by atoms with Gasteiger partial charge in [-0.15, -0.1) is 0 Å².